The SMILES string of the molecule is COC(=O)[C@H]1CCCCC[C@H]1NC(=O)C1CCN(C(C)=O)CC1. The van der Waals surface area contributed by atoms with Gasteiger partial charge in [-0.1, -0.05) is 19.3 Å². The molecule has 1 saturated heterocycles. The van der Waals surface area contributed by atoms with Crippen LogP contribution in [0.15, 0.2) is 0 Å². The van der Waals surface area contributed by atoms with Crippen LogP contribution in [0.2, 0.25) is 0 Å². The molecule has 2 rings (SSSR count). The van der Waals surface area contributed by atoms with Crippen molar-refractivity contribution in [1.82, 2.24) is 10.2 Å². The number of piperidine rings is 1. The molecule has 2 fully saturated rings. The van der Waals surface area contributed by atoms with Crippen LogP contribution in [0.4, 0.5) is 0 Å². The summed E-state index contributed by atoms with van der Waals surface area (Å²) in [4.78, 5) is 37.7. The van der Waals surface area contributed by atoms with Gasteiger partial charge < -0.3 is 15.0 Å². The van der Waals surface area contributed by atoms with Crippen molar-refractivity contribution in [3.05, 3.63) is 0 Å². The summed E-state index contributed by atoms with van der Waals surface area (Å²) in [6.07, 6.45) is 6.13. The number of hydrogen-bond acceptors (Lipinski definition) is 4. The molecule has 2 amide bonds. The van der Waals surface area contributed by atoms with E-state index in [9.17, 15) is 14.4 Å². The van der Waals surface area contributed by atoms with Crippen molar-refractivity contribution in [3.8, 4) is 0 Å². The highest BCUT2D eigenvalue weighted by molar-refractivity contribution is 5.81. The van der Waals surface area contributed by atoms with E-state index in [1.807, 2.05) is 0 Å². The van der Waals surface area contributed by atoms with Gasteiger partial charge in [0.1, 0.15) is 0 Å². The molecular weight excluding hydrogens is 296 g/mol. The van der Waals surface area contributed by atoms with E-state index in [2.05, 4.69) is 5.32 Å². The summed E-state index contributed by atoms with van der Waals surface area (Å²) in [5, 5.41) is 3.09. The molecule has 23 heavy (non-hydrogen) atoms. The Morgan fingerprint density at radius 3 is 2.26 bits per heavy atom. The second-order valence-corrected chi connectivity index (χ2v) is 6.66. The van der Waals surface area contributed by atoms with Gasteiger partial charge >= 0.3 is 5.97 Å². The Morgan fingerprint density at radius 1 is 1.00 bits per heavy atom. The molecule has 1 aliphatic carbocycles. The van der Waals surface area contributed by atoms with Crippen LogP contribution in [-0.2, 0) is 19.1 Å². The Bertz CT molecular complexity index is 444. The molecule has 1 N–H and O–H groups in total. The molecule has 6 heteroatoms. The molecule has 0 bridgehead atoms. The monoisotopic (exact) mass is 324 g/mol. The lowest BCUT2D eigenvalue weighted by Gasteiger charge is -2.32. The highest BCUT2D eigenvalue weighted by Gasteiger charge is 2.34. The van der Waals surface area contributed by atoms with Crippen LogP contribution < -0.4 is 5.32 Å². The molecule has 1 saturated carbocycles. The molecule has 6 nitrogen and oxygen atoms in total. The molecule has 0 spiro atoms. The fourth-order valence-electron chi connectivity index (χ4n) is 3.67. The third-order valence-electron chi connectivity index (χ3n) is 5.16. The fourth-order valence-corrected chi connectivity index (χ4v) is 3.67. The van der Waals surface area contributed by atoms with Crippen LogP contribution >= 0.6 is 0 Å². The molecule has 0 unspecified atom stereocenters. The molecule has 0 aromatic rings. The van der Waals surface area contributed by atoms with Gasteiger partial charge in [0, 0.05) is 32.0 Å². The summed E-state index contributed by atoms with van der Waals surface area (Å²) >= 11 is 0. The Morgan fingerprint density at radius 2 is 1.65 bits per heavy atom. The fraction of sp³-hybridized carbons (Fsp3) is 0.824. The standard InChI is InChI=1S/C17H28N2O4/c1-12(20)19-10-8-13(9-11-19)16(21)18-15-7-5-3-4-6-14(15)17(22)23-2/h13-15H,3-11H2,1-2H3,(H,18,21)/t14-,15+/m0/s1. The Hall–Kier alpha value is -1.59. The predicted molar refractivity (Wildman–Crippen MR) is 85.5 cm³/mol. The molecule has 0 aromatic carbocycles. The van der Waals surface area contributed by atoms with Gasteiger partial charge in [0.25, 0.3) is 0 Å². The van der Waals surface area contributed by atoms with Crippen molar-refractivity contribution in [2.45, 2.75) is 57.9 Å². The van der Waals surface area contributed by atoms with Gasteiger partial charge in [0.15, 0.2) is 0 Å². The summed E-state index contributed by atoms with van der Waals surface area (Å²) in [6, 6.07) is -0.122. The minimum Gasteiger partial charge on any atom is -0.469 e. The van der Waals surface area contributed by atoms with Crippen molar-refractivity contribution < 1.29 is 19.1 Å². The number of esters is 1. The zero-order chi connectivity index (χ0) is 16.8. The van der Waals surface area contributed by atoms with E-state index >= 15 is 0 Å². The van der Waals surface area contributed by atoms with E-state index in [4.69, 9.17) is 4.74 Å². The van der Waals surface area contributed by atoms with Crippen LogP contribution in [0.1, 0.15) is 51.9 Å². The second-order valence-electron chi connectivity index (χ2n) is 6.66. The van der Waals surface area contributed by atoms with Crippen LogP contribution in [-0.4, -0.2) is 48.9 Å². The topological polar surface area (TPSA) is 75.7 Å². The number of rotatable bonds is 3. The minimum atomic E-state index is -0.233. The summed E-state index contributed by atoms with van der Waals surface area (Å²) < 4.78 is 4.91. The average Bonchev–Trinajstić information content (AvgIpc) is 2.79. The van der Waals surface area contributed by atoms with Gasteiger partial charge in [-0.3, -0.25) is 14.4 Å². The van der Waals surface area contributed by atoms with Crippen molar-refractivity contribution in [3.63, 3.8) is 0 Å². The number of carbonyl (C=O) groups is 3. The molecule has 1 aliphatic heterocycles. The number of likely N-dealkylation sites (tertiary alicyclic amines) is 1. The third kappa shape index (κ3) is 4.69. The second kappa shape index (κ2) is 8.31. The van der Waals surface area contributed by atoms with Gasteiger partial charge in [0.2, 0.25) is 11.8 Å². The van der Waals surface area contributed by atoms with E-state index in [1.54, 1.807) is 11.8 Å². The maximum atomic E-state index is 12.5. The van der Waals surface area contributed by atoms with Crippen LogP contribution in [0.25, 0.3) is 0 Å². The quantitative estimate of drug-likeness (QED) is 0.630. The highest BCUT2D eigenvalue weighted by atomic mass is 16.5. The van der Waals surface area contributed by atoms with Crippen molar-refractivity contribution in [1.29, 1.82) is 0 Å². The Labute approximate surface area is 137 Å². The average molecular weight is 324 g/mol. The Balaban J connectivity index is 1.92. The summed E-state index contributed by atoms with van der Waals surface area (Å²) in [5.74, 6) is -0.424. The smallest absolute Gasteiger partial charge is 0.310 e. The van der Waals surface area contributed by atoms with Crippen molar-refractivity contribution in [2.24, 2.45) is 11.8 Å². The molecule has 0 aromatic heterocycles. The van der Waals surface area contributed by atoms with Crippen LogP contribution in [0.3, 0.4) is 0 Å². The number of amides is 2. The van der Waals surface area contributed by atoms with E-state index in [-0.39, 0.29) is 35.7 Å². The van der Waals surface area contributed by atoms with Gasteiger partial charge in [-0.25, -0.2) is 0 Å². The lowest BCUT2D eigenvalue weighted by molar-refractivity contribution is -0.147. The predicted octanol–water partition coefficient (Wildman–Crippen LogP) is 1.48. The third-order valence-corrected chi connectivity index (χ3v) is 5.16. The van der Waals surface area contributed by atoms with Crippen LogP contribution in [0.5, 0.6) is 0 Å². The number of nitrogens with zero attached hydrogens (tertiary/aromatic N) is 1. The van der Waals surface area contributed by atoms with Crippen molar-refractivity contribution in [2.75, 3.05) is 20.2 Å². The maximum Gasteiger partial charge on any atom is 0.310 e. The highest BCUT2D eigenvalue weighted by Crippen LogP contribution is 2.26. The van der Waals surface area contributed by atoms with E-state index in [0.29, 0.717) is 25.9 Å². The normalized spacial score (nSPS) is 26.3. The molecule has 2 atom stereocenters. The number of carbonyl (C=O) groups excluding carboxylic acids is 3. The van der Waals surface area contributed by atoms with E-state index < -0.39 is 0 Å². The molecule has 2 aliphatic rings. The van der Waals surface area contributed by atoms with E-state index in [0.717, 1.165) is 32.1 Å². The molecule has 0 radical (unpaired) electrons. The van der Waals surface area contributed by atoms with Crippen molar-refractivity contribution >= 4 is 17.8 Å². The number of nitrogens with one attached hydrogen (secondary N) is 1. The summed E-state index contributed by atoms with van der Waals surface area (Å²) in [7, 11) is 1.41. The number of hydrogen-bond donors (Lipinski definition) is 1. The first-order valence-corrected chi connectivity index (χ1v) is 8.66. The van der Waals surface area contributed by atoms with Gasteiger partial charge in [-0.2, -0.15) is 0 Å². The van der Waals surface area contributed by atoms with Gasteiger partial charge in [-0.15, -0.1) is 0 Å². The molecular formula is C17H28N2O4. The largest absolute Gasteiger partial charge is 0.469 e. The Kier molecular flexibility index (Phi) is 6.42. The summed E-state index contributed by atoms with van der Waals surface area (Å²) in [5.41, 5.74) is 0. The molecule has 130 valence electrons. The molecule has 1 heterocycles. The van der Waals surface area contributed by atoms with Gasteiger partial charge in [-0.05, 0) is 25.7 Å². The zero-order valence-corrected chi connectivity index (χ0v) is 14.2. The van der Waals surface area contributed by atoms with Gasteiger partial charge in [0.05, 0.1) is 13.0 Å². The first-order valence-electron chi connectivity index (χ1n) is 8.66. The van der Waals surface area contributed by atoms with Crippen LogP contribution in [0, 0.1) is 11.8 Å². The number of methoxy groups -OCH3 is 1. The van der Waals surface area contributed by atoms with E-state index in [1.165, 1.54) is 7.11 Å². The first-order chi connectivity index (χ1) is 11.0. The maximum absolute atomic E-state index is 12.5. The number of ether oxygens (including phenoxy) is 1. The zero-order valence-electron chi connectivity index (χ0n) is 14.2. The lowest BCUT2D eigenvalue weighted by atomic mass is 9.91. The summed E-state index contributed by atoms with van der Waals surface area (Å²) in [6.45, 7) is 2.84. The lowest BCUT2D eigenvalue weighted by Crippen LogP contribution is -2.48. The first kappa shape index (κ1) is 17.8. The minimum absolute atomic E-state index is 0.0222.